The van der Waals surface area contributed by atoms with E-state index in [1.165, 1.54) is 4.90 Å². The molecule has 0 spiro atoms. The zero-order valence-electron chi connectivity index (χ0n) is 10.3. The largest absolute Gasteiger partial charge is 0.303 e. The molecule has 2 heterocycles. The van der Waals surface area contributed by atoms with E-state index in [9.17, 15) is 13.8 Å². The van der Waals surface area contributed by atoms with Crippen LogP contribution in [0.5, 0.6) is 0 Å². The van der Waals surface area contributed by atoms with Gasteiger partial charge in [0.2, 0.25) is 11.8 Å². The third kappa shape index (κ3) is 2.36. The van der Waals surface area contributed by atoms with Crippen molar-refractivity contribution in [3.05, 3.63) is 0 Å². The second-order valence-electron chi connectivity index (χ2n) is 5.38. The minimum atomic E-state index is -0.686. The highest BCUT2D eigenvalue weighted by atomic mass is 32.2. The summed E-state index contributed by atoms with van der Waals surface area (Å²) in [7, 11) is -0.686. The first kappa shape index (κ1) is 12.3. The predicted molar refractivity (Wildman–Crippen MR) is 67.3 cm³/mol. The van der Waals surface area contributed by atoms with Gasteiger partial charge in [-0.05, 0) is 25.7 Å². The van der Waals surface area contributed by atoms with Gasteiger partial charge in [0, 0.05) is 34.4 Å². The fraction of sp³-hybridized carbons (Fsp3) is 0.833. The first-order valence-electron chi connectivity index (χ1n) is 6.62. The van der Waals surface area contributed by atoms with Gasteiger partial charge in [-0.15, -0.1) is 0 Å². The zero-order chi connectivity index (χ0) is 12.7. The number of nitrogens with zero attached hydrogens (tertiary/aromatic N) is 1. The van der Waals surface area contributed by atoms with E-state index in [0.29, 0.717) is 17.9 Å². The van der Waals surface area contributed by atoms with E-state index in [-0.39, 0.29) is 29.9 Å². The van der Waals surface area contributed by atoms with Crippen LogP contribution in [-0.2, 0) is 20.4 Å². The Hall–Kier alpha value is -0.750. The first-order chi connectivity index (χ1) is 8.65. The topological polar surface area (TPSA) is 66.5 Å². The van der Waals surface area contributed by atoms with E-state index in [1.54, 1.807) is 0 Å². The average molecular weight is 270 g/mol. The van der Waals surface area contributed by atoms with E-state index in [2.05, 4.69) is 5.32 Å². The van der Waals surface area contributed by atoms with Crippen LogP contribution < -0.4 is 5.32 Å². The van der Waals surface area contributed by atoms with Crippen LogP contribution >= 0.6 is 0 Å². The molecule has 6 heteroatoms. The highest BCUT2D eigenvalue weighted by molar-refractivity contribution is 7.85. The Labute approximate surface area is 109 Å². The van der Waals surface area contributed by atoms with Crippen molar-refractivity contribution in [3.8, 4) is 0 Å². The summed E-state index contributed by atoms with van der Waals surface area (Å²) in [6.07, 6.45) is 3.91. The molecule has 3 fully saturated rings. The lowest BCUT2D eigenvalue weighted by Gasteiger charge is -2.25. The normalized spacial score (nSPS) is 37.3. The molecule has 1 atom stereocenters. The molecule has 0 radical (unpaired) electrons. The first-order valence-corrected chi connectivity index (χ1v) is 8.11. The maximum absolute atomic E-state index is 12.1. The molecule has 0 aromatic heterocycles. The van der Waals surface area contributed by atoms with Crippen LogP contribution in [0.15, 0.2) is 0 Å². The van der Waals surface area contributed by atoms with E-state index >= 15 is 0 Å². The number of likely N-dealkylation sites (tertiary alicyclic amines) is 1. The molecule has 1 saturated carbocycles. The minimum Gasteiger partial charge on any atom is -0.303 e. The highest BCUT2D eigenvalue weighted by Crippen LogP contribution is 2.31. The molecule has 100 valence electrons. The Morgan fingerprint density at radius 2 is 1.78 bits per heavy atom. The minimum absolute atomic E-state index is 0.0283. The molecule has 5 nitrogen and oxygen atoms in total. The molecule has 2 amide bonds. The number of hydrogen-bond acceptors (Lipinski definition) is 4. The summed E-state index contributed by atoms with van der Waals surface area (Å²) < 4.78 is 11.3. The third-order valence-electron chi connectivity index (χ3n) is 3.92. The van der Waals surface area contributed by atoms with Crippen LogP contribution in [0.2, 0.25) is 0 Å². The van der Waals surface area contributed by atoms with Crippen LogP contribution in [0.25, 0.3) is 0 Å². The van der Waals surface area contributed by atoms with Gasteiger partial charge in [0.15, 0.2) is 0 Å². The van der Waals surface area contributed by atoms with Gasteiger partial charge in [-0.1, -0.05) is 0 Å². The molecule has 3 rings (SSSR count). The fourth-order valence-corrected chi connectivity index (χ4v) is 4.04. The van der Waals surface area contributed by atoms with Crippen molar-refractivity contribution in [1.82, 2.24) is 10.2 Å². The summed E-state index contributed by atoms with van der Waals surface area (Å²) in [5, 5.41) is 3.28. The van der Waals surface area contributed by atoms with Crippen LogP contribution in [0.4, 0.5) is 0 Å². The van der Waals surface area contributed by atoms with E-state index in [4.69, 9.17) is 0 Å². The van der Waals surface area contributed by atoms with Gasteiger partial charge in [0.05, 0.1) is 12.5 Å². The molecule has 0 aromatic rings. The predicted octanol–water partition coefficient (Wildman–Crippen LogP) is -0.223. The van der Waals surface area contributed by atoms with E-state index in [1.807, 2.05) is 0 Å². The summed E-state index contributed by atoms with van der Waals surface area (Å²) >= 11 is 0. The number of carbonyl (C=O) groups excluding carboxylic acids is 2. The van der Waals surface area contributed by atoms with Crippen molar-refractivity contribution in [2.24, 2.45) is 0 Å². The number of hydrogen-bond donors (Lipinski definition) is 1. The lowest BCUT2D eigenvalue weighted by atomic mass is 10.1. The van der Waals surface area contributed by atoms with Crippen molar-refractivity contribution in [2.45, 2.75) is 50.2 Å². The lowest BCUT2D eigenvalue weighted by molar-refractivity contribution is -0.139. The molecular weight excluding hydrogens is 252 g/mol. The van der Waals surface area contributed by atoms with E-state index < -0.39 is 10.8 Å². The zero-order valence-corrected chi connectivity index (χ0v) is 11.1. The summed E-state index contributed by atoms with van der Waals surface area (Å²) in [6, 6.07) is 0.0777. The van der Waals surface area contributed by atoms with Crippen LogP contribution in [-0.4, -0.2) is 50.6 Å². The van der Waals surface area contributed by atoms with Crippen LogP contribution in [0.3, 0.4) is 0 Å². The Morgan fingerprint density at radius 3 is 2.39 bits per heavy atom. The third-order valence-corrected chi connectivity index (χ3v) is 5.30. The standard InChI is InChI=1S/C12H18N2O3S/c15-11-7-10(12(16)14(11)9-1-2-9)13-8-3-5-18(17)6-4-8/h8-10,13H,1-7H2. The summed E-state index contributed by atoms with van der Waals surface area (Å²) in [6.45, 7) is 0. The van der Waals surface area contributed by atoms with Gasteiger partial charge in [0.1, 0.15) is 0 Å². The van der Waals surface area contributed by atoms with Gasteiger partial charge < -0.3 is 5.32 Å². The van der Waals surface area contributed by atoms with Crippen molar-refractivity contribution in [1.29, 1.82) is 0 Å². The monoisotopic (exact) mass is 270 g/mol. The number of amides is 2. The number of nitrogens with one attached hydrogen (secondary N) is 1. The Morgan fingerprint density at radius 1 is 1.11 bits per heavy atom. The summed E-state index contributed by atoms with van der Waals surface area (Å²) in [4.78, 5) is 25.4. The second kappa shape index (κ2) is 4.74. The molecule has 0 aromatic carbocycles. The van der Waals surface area contributed by atoms with Crippen molar-refractivity contribution < 1.29 is 13.8 Å². The number of imide groups is 1. The summed E-state index contributed by atoms with van der Waals surface area (Å²) in [5.74, 6) is 1.34. The molecule has 1 unspecified atom stereocenters. The smallest absolute Gasteiger partial charge is 0.247 e. The Balaban J connectivity index is 1.58. The van der Waals surface area contributed by atoms with E-state index in [0.717, 1.165) is 25.7 Å². The van der Waals surface area contributed by atoms with Gasteiger partial charge in [0.25, 0.3) is 0 Å². The maximum Gasteiger partial charge on any atom is 0.247 e. The van der Waals surface area contributed by atoms with Gasteiger partial charge >= 0.3 is 0 Å². The molecule has 1 aliphatic carbocycles. The molecule has 2 aliphatic heterocycles. The van der Waals surface area contributed by atoms with Crippen molar-refractivity contribution >= 4 is 22.6 Å². The highest BCUT2D eigenvalue weighted by Gasteiger charge is 2.46. The Kier molecular flexibility index (Phi) is 3.23. The summed E-state index contributed by atoms with van der Waals surface area (Å²) in [5.41, 5.74) is 0. The second-order valence-corrected chi connectivity index (χ2v) is 7.08. The Bertz CT molecular complexity index is 398. The van der Waals surface area contributed by atoms with Crippen molar-refractivity contribution in [3.63, 3.8) is 0 Å². The molecular formula is C12H18N2O3S. The lowest BCUT2D eigenvalue weighted by Crippen LogP contribution is -2.46. The van der Waals surface area contributed by atoms with Crippen molar-refractivity contribution in [2.75, 3.05) is 11.5 Å². The van der Waals surface area contributed by atoms with Crippen LogP contribution in [0.1, 0.15) is 32.1 Å². The quantitative estimate of drug-likeness (QED) is 0.720. The maximum atomic E-state index is 12.1. The SMILES string of the molecule is O=C1CC(NC2CCS(=O)CC2)C(=O)N1C1CC1. The van der Waals surface area contributed by atoms with Gasteiger partial charge in [-0.25, -0.2) is 0 Å². The van der Waals surface area contributed by atoms with Gasteiger partial charge in [-0.2, -0.15) is 0 Å². The van der Waals surface area contributed by atoms with Gasteiger partial charge in [-0.3, -0.25) is 18.7 Å². The number of rotatable bonds is 3. The van der Waals surface area contributed by atoms with Crippen LogP contribution in [0, 0.1) is 0 Å². The average Bonchev–Trinajstić information content (AvgIpc) is 3.12. The fourth-order valence-electron chi connectivity index (χ4n) is 2.74. The molecule has 0 bridgehead atoms. The molecule has 1 N–H and O–H groups in total. The number of carbonyl (C=O) groups is 2. The molecule has 18 heavy (non-hydrogen) atoms. The molecule has 3 aliphatic rings. The molecule has 2 saturated heterocycles.